The third-order valence-electron chi connectivity index (χ3n) is 4.12. The zero-order chi connectivity index (χ0) is 21.4. The summed E-state index contributed by atoms with van der Waals surface area (Å²) in [6.45, 7) is 3.45. The Morgan fingerprint density at radius 2 is 1.79 bits per heavy atom. The first kappa shape index (κ1) is 22.0. The fourth-order valence-electron chi connectivity index (χ4n) is 2.69. The van der Waals surface area contributed by atoms with Gasteiger partial charge in [0.25, 0.3) is 6.43 Å². The highest BCUT2D eigenvalue weighted by atomic mass is 19.3. The molecule has 0 bridgehead atoms. The topological polar surface area (TPSA) is 69.5 Å². The van der Waals surface area contributed by atoms with Gasteiger partial charge in [-0.25, -0.2) is 13.6 Å². The van der Waals surface area contributed by atoms with Gasteiger partial charge in [0.1, 0.15) is 13.7 Å². The van der Waals surface area contributed by atoms with E-state index in [9.17, 15) is 13.6 Å². The van der Waals surface area contributed by atoms with Crippen LogP contribution in [0.1, 0.15) is 27.8 Å². The molecule has 0 fully saturated rings. The van der Waals surface area contributed by atoms with E-state index < -0.39 is 18.1 Å². The Bertz CT molecular complexity index is 927. The van der Waals surface area contributed by atoms with Crippen LogP contribution in [0.4, 0.5) is 8.78 Å². The summed E-state index contributed by atoms with van der Waals surface area (Å²) in [5.41, 5.74) is 2.30. The number of ether oxygens (including phenoxy) is 1. The molecule has 0 aromatic heterocycles. The first-order valence-electron chi connectivity index (χ1n) is 8.72. The average Bonchev–Trinajstić information content (AvgIpc) is 2.69. The number of benzene rings is 2. The van der Waals surface area contributed by atoms with Crippen molar-refractivity contribution in [3.63, 3.8) is 0 Å². The summed E-state index contributed by atoms with van der Waals surface area (Å²) in [5.74, 6) is -0.699. The molecule has 8 heteroatoms. The van der Waals surface area contributed by atoms with Crippen LogP contribution in [0.25, 0.3) is 0 Å². The van der Waals surface area contributed by atoms with Gasteiger partial charge in [-0.15, -0.1) is 0 Å². The molecule has 0 N–H and O–H groups in total. The standard InChI is InChI=1S/C21H22F2N2O4/c1-13-7-5-9-15(11-13)18(20(22)23)25-29-12-17-14(2)8-6-10-16(17)19(24-28-4)21(26)27-3/h5-11,20H,12H2,1-4H3/b24-19+,25-18-. The van der Waals surface area contributed by atoms with Gasteiger partial charge in [0.15, 0.2) is 11.4 Å². The number of rotatable bonds is 8. The zero-order valence-electron chi connectivity index (χ0n) is 16.6. The summed E-state index contributed by atoms with van der Waals surface area (Å²) in [6.07, 6.45) is -2.81. The van der Waals surface area contributed by atoms with Crippen LogP contribution in [0.15, 0.2) is 52.8 Å². The number of nitrogens with zero attached hydrogens (tertiary/aromatic N) is 2. The average molecular weight is 404 g/mol. The highest BCUT2D eigenvalue weighted by molar-refractivity contribution is 6.43. The molecule has 2 rings (SSSR count). The summed E-state index contributed by atoms with van der Waals surface area (Å²) < 4.78 is 31.7. The summed E-state index contributed by atoms with van der Waals surface area (Å²) in [6, 6.07) is 11.8. The Morgan fingerprint density at radius 3 is 2.41 bits per heavy atom. The maximum Gasteiger partial charge on any atom is 0.360 e. The SMILES string of the molecule is CO/N=C(/C(=O)OC)c1cccc(C)c1CO/N=C(/c1cccc(C)c1)C(F)F. The Hall–Kier alpha value is -3.29. The van der Waals surface area contributed by atoms with E-state index in [4.69, 9.17) is 14.4 Å². The number of aryl methyl sites for hydroxylation is 2. The van der Waals surface area contributed by atoms with Crippen molar-refractivity contribution >= 4 is 17.4 Å². The van der Waals surface area contributed by atoms with Gasteiger partial charge >= 0.3 is 5.97 Å². The molecule has 29 heavy (non-hydrogen) atoms. The number of alkyl halides is 2. The van der Waals surface area contributed by atoms with Crippen molar-refractivity contribution in [1.82, 2.24) is 0 Å². The lowest BCUT2D eigenvalue weighted by atomic mass is 9.99. The molecule has 2 aromatic carbocycles. The normalized spacial score (nSPS) is 12.1. The second kappa shape index (κ2) is 10.3. The Labute approximate surface area is 167 Å². The van der Waals surface area contributed by atoms with Crippen LogP contribution < -0.4 is 0 Å². The third kappa shape index (κ3) is 5.60. The van der Waals surface area contributed by atoms with Crippen LogP contribution in [-0.2, 0) is 25.8 Å². The van der Waals surface area contributed by atoms with Crippen LogP contribution in [0.3, 0.4) is 0 Å². The molecule has 0 aliphatic carbocycles. The molecule has 0 amide bonds. The lowest BCUT2D eigenvalue weighted by Gasteiger charge is -2.13. The molecular weight excluding hydrogens is 382 g/mol. The number of methoxy groups -OCH3 is 1. The quantitative estimate of drug-likeness (QED) is 0.379. The Balaban J connectivity index is 2.35. The molecule has 0 spiro atoms. The fourth-order valence-corrected chi connectivity index (χ4v) is 2.69. The lowest BCUT2D eigenvalue weighted by molar-refractivity contribution is -0.132. The van der Waals surface area contributed by atoms with E-state index in [0.29, 0.717) is 11.1 Å². The highest BCUT2D eigenvalue weighted by Crippen LogP contribution is 2.19. The van der Waals surface area contributed by atoms with E-state index in [1.807, 2.05) is 0 Å². The monoisotopic (exact) mass is 404 g/mol. The molecule has 0 atom stereocenters. The van der Waals surface area contributed by atoms with Crippen LogP contribution >= 0.6 is 0 Å². The second-order valence-electron chi connectivity index (χ2n) is 6.14. The Kier molecular flexibility index (Phi) is 7.82. The zero-order valence-corrected chi connectivity index (χ0v) is 16.6. The number of carbonyl (C=O) groups is 1. The van der Waals surface area contributed by atoms with Gasteiger partial charge in [-0.3, -0.25) is 0 Å². The largest absolute Gasteiger partial charge is 0.464 e. The molecule has 0 heterocycles. The smallest absolute Gasteiger partial charge is 0.360 e. The van der Waals surface area contributed by atoms with E-state index in [0.717, 1.165) is 11.1 Å². The van der Waals surface area contributed by atoms with Crippen LogP contribution in [0.2, 0.25) is 0 Å². The van der Waals surface area contributed by atoms with Gasteiger partial charge in [-0.05, 0) is 25.5 Å². The van der Waals surface area contributed by atoms with Crippen molar-refractivity contribution in [3.05, 3.63) is 70.3 Å². The number of hydrogen-bond donors (Lipinski definition) is 0. The van der Waals surface area contributed by atoms with Crippen molar-refractivity contribution < 1.29 is 28.0 Å². The number of carbonyl (C=O) groups excluding carboxylic acids is 1. The summed E-state index contributed by atoms with van der Waals surface area (Å²) in [7, 11) is 2.52. The van der Waals surface area contributed by atoms with Gasteiger partial charge in [-0.2, -0.15) is 0 Å². The first-order chi connectivity index (χ1) is 13.9. The molecule has 6 nitrogen and oxygen atoms in total. The minimum Gasteiger partial charge on any atom is -0.464 e. The molecule has 0 saturated carbocycles. The predicted octanol–water partition coefficient (Wildman–Crippen LogP) is 4.01. The maximum absolute atomic E-state index is 13.5. The number of esters is 1. The van der Waals surface area contributed by atoms with E-state index in [1.165, 1.54) is 14.2 Å². The van der Waals surface area contributed by atoms with Crippen molar-refractivity contribution in [2.45, 2.75) is 26.9 Å². The predicted molar refractivity (Wildman–Crippen MR) is 105 cm³/mol. The molecule has 2 aromatic rings. The summed E-state index contributed by atoms with van der Waals surface area (Å²) in [5, 5.41) is 7.39. The van der Waals surface area contributed by atoms with Crippen molar-refractivity contribution in [2.75, 3.05) is 14.2 Å². The van der Waals surface area contributed by atoms with Gasteiger partial charge in [-0.1, -0.05) is 52.3 Å². The molecule has 0 saturated heterocycles. The number of oxime groups is 2. The van der Waals surface area contributed by atoms with Crippen molar-refractivity contribution in [2.24, 2.45) is 10.3 Å². The molecule has 0 aliphatic heterocycles. The van der Waals surface area contributed by atoms with Crippen LogP contribution in [-0.4, -0.2) is 38.0 Å². The third-order valence-corrected chi connectivity index (χ3v) is 4.12. The second-order valence-corrected chi connectivity index (χ2v) is 6.14. The number of halogens is 2. The van der Waals surface area contributed by atoms with Gasteiger partial charge in [0, 0.05) is 16.7 Å². The van der Waals surface area contributed by atoms with Gasteiger partial charge in [0.2, 0.25) is 0 Å². The molecule has 0 unspecified atom stereocenters. The number of hydrogen-bond acceptors (Lipinski definition) is 6. The van der Waals surface area contributed by atoms with E-state index >= 15 is 0 Å². The van der Waals surface area contributed by atoms with Crippen LogP contribution in [0, 0.1) is 13.8 Å². The summed E-state index contributed by atoms with van der Waals surface area (Å²) >= 11 is 0. The Morgan fingerprint density at radius 1 is 1.07 bits per heavy atom. The lowest BCUT2D eigenvalue weighted by Crippen LogP contribution is -2.20. The van der Waals surface area contributed by atoms with Crippen molar-refractivity contribution in [3.8, 4) is 0 Å². The highest BCUT2D eigenvalue weighted by Gasteiger charge is 2.21. The minimum atomic E-state index is -2.81. The van der Waals surface area contributed by atoms with E-state index in [1.54, 1.807) is 56.3 Å². The van der Waals surface area contributed by atoms with E-state index in [-0.39, 0.29) is 17.9 Å². The minimum absolute atomic E-state index is 0.0611. The van der Waals surface area contributed by atoms with E-state index in [2.05, 4.69) is 10.3 Å². The molecule has 0 radical (unpaired) electrons. The molecule has 0 aliphatic rings. The molecular formula is C21H22F2N2O4. The summed E-state index contributed by atoms with van der Waals surface area (Å²) in [4.78, 5) is 22.1. The van der Waals surface area contributed by atoms with Crippen molar-refractivity contribution in [1.29, 1.82) is 0 Å². The fraction of sp³-hybridized carbons (Fsp3) is 0.286. The van der Waals surface area contributed by atoms with Gasteiger partial charge < -0.3 is 14.4 Å². The molecule has 154 valence electrons. The maximum atomic E-state index is 13.5. The van der Waals surface area contributed by atoms with Crippen LogP contribution in [0.5, 0.6) is 0 Å². The first-order valence-corrected chi connectivity index (χ1v) is 8.72. The van der Waals surface area contributed by atoms with Gasteiger partial charge in [0.05, 0.1) is 7.11 Å².